The molecule has 132 valence electrons. The van der Waals surface area contributed by atoms with Crippen LogP contribution in [0.1, 0.15) is 12.5 Å². The molecule has 0 bridgehead atoms. The highest BCUT2D eigenvalue weighted by molar-refractivity contribution is 5.87. The zero-order valence-corrected chi connectivity index (χ0v) is 14.4. The van der Waals surface area contributed by atoms with E-state index in [4.69, 9.17) is 0 Å². The van der Waals surface area contributed by atoms with Crippen LogP contribution in [0.15, 0.2) is 60.7 Å². The van der Waals surface area contributed by atoms with E-state index in [1.165, 1.54) is 11.7 Å². The molecule has 0 aliphatic heterocycles. The average molecular weight is 349 g/mol. The van der Waals surface area contributed by atoms with E-state index in [-0.39, 0.29) is 18.2 Å². The lowest BCUT2D eigenvalue weighted by Gasteiger charge is -2.15. The van der Waals surface area contributed by atoms with Crippen molar-refractivity contribution in [3.8, 4) is 11.4 Å². The first kappa shape index (κ1) is 17.5. The predicted molar refractivity (Wildman–Crippen MR) is 96.0 cm³/mol. The molecule has 0 aliphatic carbocycles. The first-order chi connectivity index (χ1) is 12.6. The van der Waals surface area contributed by atoms with Crippen molar-refractivity contribution >= 4 is 11.7 Å². The van der Waals surface area contributed by atoms with Gasteiger partial charge in [0.25, 0.3) is 0 Å². The third-order valence-electron chi connectivity index (χ3n) is 3.88. The molecule has 1 heterocycles. The third kappa shape index (κ3) is 4.60. The molecular weight excluding hydrogens is 330 g/mol. The molecule has 0 saturated heterocycles. The summed E-state index contributed by atoms with van der Waals surface area (Å²) >= 11 is 0. The first-order valence-electron chi connectivity index (χ1n) is 8.29. The molecule has 0 fully saturated rings. The van der Waals surface area contributed by atoms with Gasteiger partial charge in [0.1, 0.15) is 6.54 Å². The number of carbonyl (C=O) groups is 2. The summed E-state index contributed by atoms with van der Waals surface area (Å²) < 4.78 is 0. The molecule has 1 amide bonds. The zero-order valence-electron chi connectivity index (χ0n) is 14.4. The van der Waals surface area contributed by atoms with Gasteiger partial charge in [0.05, 0.1) is 6.04 Å². The number of aromatic nitrogens is 4. The summed E-state index contributed by atoms with van der Waals surface area (Å²) in [5, 5.41) is 14.8. The minimum Gasteiger partial charge on any atom is -0.344 e. The third-order valence-corrected chi connectivity index (χ3v) is 3.88. The Kier molecular flexibility index (Phi) is 5.48. The lowest BCUT2D eigenvalue weighted by molar-refractivity contribution is -0.127. The number of carbonyl (C=O) groups excluding carboxylic acids is 2. The van der Waals surface area contributed by atoms with Crippen LogP contribution in [0.4, 0.5) is 0 Å². The monoisotopic (exact) mass is 349 g/mol. The quantitative estimate of drug-likeness (QED) is 0.701. The van der Waals surface area contributed by atoms with Crippen molar-refractivity contribution in [3.63, 3.8) is 0 Å². The second kappa shape index (κ2) is 8.15. The maximum Gasteiger partial charge on any atom is 0.244 e. The number of rotatable bonds is 7. The molecule has 1 N–H and O–H groups in total. The van der Waals surface area contributed by atoms with Crippen molar-refractivity contribution in [3.05, 3.63) is 66.2 Å². The Balaban J connectivity index is 1.62. The number of tetrazole rings is 1. The molecule has 3 aromatic rings. The average Bonchev–Trinajstić information content (AvgIpc) is 3.11. The maximum absolute atomic E-state index is 12.3. The number of amides is 1. The normalized spacial score (nSPS) is 11.7. The molecule has 0 aliphatic rings. The second-order valence-electron chi connectivity index (χ2n) is 5.93. The van der Waals surface area contributed by atoms with Crippen LogP contribution >= 0.6 is 0 Å². The van der Waals surface area contributed by atoms with Crippen molar-refractivity contribution < 1.29 is 9.59 Å². The standard InChI is InChI=1S/C19H19N5O2/c1-14(25)17(12-15-8-4-2-5-9-15)20-18(26)13-24-22-19(21-23-24)16-10-6-3-7-11-16/h2-11,17H,12-13H2,1H3,(H,20,26). The van der Waals surface area contributed by atoms with Crippen LogP contribution in [0.3, 0.4) is 0 Å². The van der Waals surface area contributed by atoms with Crippen LogP contribution in [-0.4, -0.2) is 37.9 Å². The molecule has 0 saturated carbocycles. The van der Waals surface area contributed by atoms with Gasteiger partial charge in [0.2, 0.25) is 11.7 Å². The van der Waals surface area contributed by atoms with E-state index in [1.54, 1.807) is 0 Å². The molecule has 1 atom stereocenters. The lowest BCUT2D eigenvalue weighted by atomic mass is 10.0. The van der Waals surface area contributed by atoms with Crippen molar-refractivity contribution in [1.82, 2.24) is 25.5 Å². The van der Waals surface area contributed by atoms with Gasteiger partial charge in [-0.15, -0.1) is 10.2 Å². The Hall–Kier alpha value is -3.35. The summed E-state index contributed by atoms with van der Waals surface area (Å²) in [6.45, 7) is 1.37. The van der Waals surface area contributed by atoms with Crippen LogP contribution < -0.4 is 5.32 Å². The van der Waals surface area contributed by atoms with E-state index >= 15 is 0 Å². The van der Waals surface area contributed by atoms with Crippen LogP contribution in [0.25, 0.3) is 11.4 Å². The van der Waals surface area contributed by atoms with E-state index in [9.17, 15) is 9.59 Å². The number of ketones is 1. The molecule has 26 heavy (non-hydrogen) atoms. The fraction of sp³-hybridized carbons (Fsp3) is 0.211. The van der Waals surface area contributed by atoms with Gasteiger partial charge >= 0.3 is 0 Å². The molecule has 2 aromatic carbocycles. The van der Waals surface area contributed by atoms with Crippen molar-refractivity contribution in [2.24, 2.45) is 0 Å². The molecule has 1 unspecified atom stereocenters. The van der Waals surface area contributed by atoms with Crippen LogP contribution in [0, 0.1) is 0 Å². The summed E-state index contributed by atoms with van der Waals surface area (Å²) in [4.78, 5) is 25.4. The number of nitrogens with one attached hydrogen (secondary N) is 1. The molecule has 1 aromatic heterocycles. The molecule has 7 heteroatoms. The molecule has 7 nitrogen and oxygen atoms in total. The maximum atomic E-state index is 12.3. The summed E-state index contributed by atoms with van der Waals surface area (Å²) in [5.74, 6) is 0.0164. The van der Waals surface area contributed by atoms with E-state index in [2.05, 4.69) is 20.7 Å². The van der Waals surface area contributed by atoms with Crippen LogP contribution in [0.2, 0.25) is 0 Å². The minimum absolute atomic E-state index is 0.0984. The number of benzene rings is 2. The summed E-state index contributed by atoms with van der Waals surface area (Å²) in [7, 11) is 0. The molecular formula is C19H19N5O2. The Bertz CT molecular complexity index is 877. The Labute approximate surface area is 151 Å². The molecule has 0 radical (unpaired) electrons. The number of Topliss-reactive ketones (excluding diaryl/α,β-unsaturated/α-hetero) is 1. The summed E-state index contributed by atoms with van der Waals surface area (Å²) in [6.07, 6.45) is 0.446. The van der Waals surface area contributed by atoms with E-state index in [0.29, 0.717) is 12.2 Å². The molecule has 3 rings (SSSR count). The number of hydrogen-bond acceptors (Lipinski definition) is 5. The smallest absolute Gasteiger partial charge is 0.244 e. The van der Waals surface area contributed by atoms with Crippen LogP contribution in [-0.2, 0) is 22.6 Å². The molecule has 0 spiro atoms. The fourth-order valence-electron chi connectivity index (χ4n) is 2.53. The predicted octanol–water partition coefficient (Wildman–Crippen LogP) is 1.66. The fourth-order valence-corrected chi connectivity index (χ4v) is 2.53. The Morgan fingerprint density at radius 2 is 1.69 bits per heavy atom. The highest BCUT2D eigenvalue weighted by Crippen LogP contribution is 2.11. The van der Waals surface area contributed by atoms with Gasteiger partial charge in [-0.2, -0.15) is 4.80 Å². The van der Waals surface area contributed by atoms with Crippen LogP contribution in [0.5, 0.6) is 0 Å². The van der Waals surface area contributed by atoms with Gasteiger partial charge in [-0.1, -0.05) is 60.7 Å². The Morgan fingerprint density at radius 1 is 1.04 bits per heavy atom. The van der Waals surface area contributed by atoms with Crippen molar-refractivity contribution in [2.45, 2.75) is 25.9 Å². The number of hydrogen-bond donors (Lipinski definition) is 1. The largest absolute Gasteiger partial charge is 0.344 e. The van der Waals surface area contributed by atoms with Gasteiger partial charge < -0.3 is 5.32 Å². The highest BCUT2D eigenvalue weighted by Gasteiger charge is 2.18. The number of nitrogens with zero attached hydrogens (tertiary/aromatic N) is 4. The van der Waals surface area contributed by atoms with Gasteiger partial charge in [-0.05, 0) is 24.1 Å². The Morgan fingerprint density at radius 3 is 2.35 bits per heavy atom. The van der Waals surface area contributed by atoms with Crippen molar-refractivity contribution in [2.75, 3.05) is 0 Å². The van der Waals surface area contributed by atoms with Gasteiger partial charge in [-0.3, -0.25) is 9.59 Å². The zero-order chi connectivity index (χ0) is 18.4. The topological polar surface area (TPSA) is 89.8 Å². The van der Waals surface area contributed by atoms with Gasteiger partial charge in [-0.25, -0.2) is 0 Å². The SMILES string of the molecule is CC(=O)C(Cc1ccccc1)NC(=O)Cn1nnc(-c2ccccc2)n1. The summed E-state index contributed by atoms with van der Waals surface area (Å²) in [5.41, 5.74) is 1.81. The summed E-state index contributed by atoms with van der Waals surface area (Å²) in [6, 6.07) is 18.4. The van der Waals surface area contributed by atoms with E-state index < -0.39 is 6.04 Å². The van der Waals surface area contributed by atoms with Gasteiger partial charge in [0, 0.05) is 5.56 Å². The van der Waals surface area contributed by atoms with E-state index in [1.807, 2.05) is 60.7 Å². The second-order valence-corrected chi connectivity index (χ2v) is 5.93. The minimum atomic E-state index is -0.581. The first-order valence-corrected chi connectivity index (χ1v) is 8.29. The highest BCUT2D eigenvalue weighted by atomic mass is 16.2. The van der Waals surface area contributed by atoms with Gasteiger partial charge in [0.15, 0.2) is 5.78 Å². The van der Waals surface area contributed by atoms with Crippen molar-refractivity contribution in [1.29, 1.82) is 0 Å². The lowest BCUT2D eigenvalue weighted by Crippen LogP contribution is -2.43. The van der Waals surface area contributed by atoms with E-state index in [0.717, 1.165) is 11.1 Å².